The van der Waals surface area contributed by atoms with E-state index >= 15 is 0 Å². The van der Waals surface area contributed by atoms with E-state index in [1.165, 1.54) is 17.6 Å². The first-order chi connectivity index (χ1) is 13.9. The van der Waals surface area contributed by atoms with E-state index in [-0.39, 0.29) is 11.5 Å². The van der Waals surface area contributed by atoms with E-state index in [1.54, 1.807) is 30.3 Å². The second-order valence-electron chi connectivity index (χ2n) is 6.24. The van der Waals surface area contributed by atoms with Gasteiger partial charge in [-0.25, -0.2) is 8.42 Å². The molecular formula is C20H22N2O5S2. The lowest BCUT2D eigenvalue weighted by atomic mass is 10.3. The molecule has 0 spiro atoms. The van der Waals surface area contributed by atoms with Gasteiger partial charge in [0.05, 0.1) is 21.7 Å². The minimum absolute atomic E-state index is 0.182. The highest BCUT2D eigenvalue weighted by molar-refractivity contribution is 7.90. The van der Waals surface area contributed by atoms with Gasteiger partial charge >= 0.3 is 0 Å². The molecule has 0 N–H and O–H groups in total. The first kappa shape index (κ1) is 21.2. The first-order valence-electron chi connectivity index (χ1n) is 9.05. The number of carbonyl (C=O) groups is 1. The Balaban J connectivity index is 1.93. The number of thiazole rings is 1. The molecule has 0 aliphatic heterocycles. The van der Waals surface area contributed by atoms with Gasteiger partial charge in [-0.1, -0.05) is 29.5 Å². The molecule has 0 fully saturated rings. The van der Waals surface area contributed by atoms with E-state index in [4.69, 9.17) is 9.47 Å². The molecule has 2 aromatic carbocycles. The second-order valence-corrected chi connectivity index (χ2v) is 9.27. The predicted molar refractivity (Wildman–Crippen MR) is 112 cm³/mol. The van der Waals surface area contributed by atoms with E-state index in [9.17, 15) is 13.2 Å². The smallest absolute Gasteiger partial charge is 0.286 e. The van der Waals surface area contributed by atoms with E-state index in [0.717, 1.165) is 10.2 Å². The van der Waals surface area contributed by atoms with Gasteiger partial charge in [-0.2, -0.15) is 4.99 Å². The molecule has 1 aromatic heterocycles. The van der Waals surface area contributed by atoms with Crippen LogP contribution in [0.5, 0.6) is 5.75 Å². The molecule has 3 aromatic rings. The van der Waals surface area contributed by atoms with Crippen LogP contribution in [0.1, 0.15) is 6.92 Å². The molecule has 0 bridgehead atoms. The van der Waals surface area contributed by atoms with Gasteiger partial charge in [0, 0.05) is 19.4 Å². The lowest BCUT2D eigenvalue weighted by Gasteiger charge is -2.06. The summed E-state index contributed by atoms with van der Waals surface area (Å²) in [4.78, 5) is 17.2. The zero-order chi connectivity index (χ0) is 20.9. The van der Waals surface area contributed by atoms with Crippen molar-refractivity contribution in [3.63, 3.8) is 0 Å². The molecule has 0 atom stereocenters. The highest BCUT2D eigenvalue weighted by Crippen LogP contribution is 2.22. The Morgan fingerprint density at radius 2 is 1.93 bits per heavy atom. The fourth-order valence-electron chi connectivity index (χ4n) is 2.69. The van der Waals surface area contributed by atoms with Crippen LogP contribution >= 0.6 is 11.3 Å². The third-order valence-electron chi connectivity index (χ3n) is 4.07. The van der Waals surface area contributed by atoms with Crippen molar-refractivity contribution in [2.75, 3.05) is 26.1 Å². The van der Waals surface area contributed by atoms with E-state index in [2.05, 4.69) is 4.99 Å². The Morgan fingerprint density at radius 3 is 2.62 bits per heavy atom. The summed E-state index contributed by atoms with van der Waals surface area (Å²) in [5, 5.41) is 0. The normalized spacial score (nSPS) is 12.4. The van der Waals surface area contributed by atoms with Crippen molar-refractivity contribution in [2.45, 2.75) is 18.4 Å². The Hall–Kier alpha value is -2.49. The maximum absolute atomic E-state index is 12.3. The summed E-state index contributed by atoms with van der Waals surface area (Å²) in [5.41, 5.74) is 0.803. The average molecular weight is 435 g/mol. The molecule has 0 saturated heterocycles. The minimum atomic E-state index is -3.33. The monoisotopic (exact) mass is 434 g/mol. The molecule has 1 amide bonds. The Labute approximate surface area is 173 Å². The van der Waals surface area contributed by atoms with Crippen molar-refractivity contribution in [2.24, 2.45) is 4.99 Å². The Bertz CT molecular complexity index is 1160. The number of aromatic nitrogens is 1. The van der Waals surface area contributed by atoms with Crippen LogP contribution in [-0.4, -0.2) is 45.0 Å². The molecule has 9 heteroatoms. The number of fused-ring (bicyclic) bond motifs is 1. The number of para-hydroxylation sites is 1. The molecular weight excluding hydrogens is 412 g/mol. The lowest BCUT2D eigenvalue weighted by Crippen LogP contribution is -2.21. The maximum Gasteiger partial charge on any atom is 0.286 e. The molecule has 29 heavy (non-hydrogen) atoms. The number of nitrogens with zero attached hydrogens (tertiary/aromatic N) is 2. The van der Waals surface area contributed by atoms with Gasteiger partial charge in [0.15, 0.2) is 21.2 Å². The van der Waals surface area contributed by atoms with Crippen LogP contribution in [0.15, 0.2) is 58.4 Å². The second kappa shape index (κ2) is 9.34. The third-order valence-corrected chi connectivity index (χ3v) is 6.22. The first-order valence-corrected chi connectivity index (χ1v) is 11.8. The SMILES string of the molecule is CCOCCn1c(=NC(=O)COc2ccccc2)sc2cc(S(C)(=O)=O)ccc21. The summed E-state index contributed by atoms with van der Waals surface area (Å²) in [6.45, 7) is 3.26. The molecule has 0 aliphatic carbocycles. The van der Waals surface area contributed by atoms with Crippen molar-refractivity contribution >= 4 is 37.3 Å². The predicted octanol–water partition coefficient (Wildman–Crippen LogP) is 2.65. The Kier molecular flexibility index (Phi) is 6.83. The number of rotatable bonds is 8. The molecule has 0 saturated carbocycles. The van der Waals surface area contributed by atoms with Crippen molar-refractivity contribution in [3.8, 4) is 5.75 Å². The summed E-state index contributed by atoms with van der Waals surface area (Å²) >= 11 is 1.26. The van der Waals surface area contributed by atoms with Crippen LogP contribution < -0.4 is 9.54 Å². The Morgan fingerprint density at radius 1 is 1.17 bits per heavy atom. The fourth-order valence-corrected chi connectivity index (χ4v) is 4.52. The third kappa shape index (κ3) is 5.53. The molecule has 7 nitrogen and oxygen atoms in total. The van der Waals surface area contributed by atoms with Crippen LogP contribution in [0.3, 0.4) is 0 Å². The van der Waals surface area contributed by atoms with Crippen LogP contribution in [-0.2, 0) is 25.9 Å². The van der Waals surface area contributed by atoms with Crippen LogP contribution in [0.25, 0.3) is 10.2 Å². The van der Waals surface area contributed by atoms with E-state index in [0.29, 0.717) is 30.3 Å². The van der Waals surface area contributed by atoms with Crippen molar-refractivity contribution in [3.05, 3.63) is 53.3 Å². The van der Waals surface area contributed by atoms with Gasteiger partial charge in [-0.05, 0) is 37.3 Å². The van der Waals surface area contributed by atoms with Gasteiger partial charge in [-0.3, -0.25) is 4.79 Å². The highest BCUT2D eigenvalue weighted by atomic mass is 32.2. The summed E-state index contributed by atoms with van der Waals surface area (Å²) < 4.78 is 37.2. The van der Waals surface area contributed by atoms with Gasteiger partial charge in [-0.15, -0.1) is 0 Å². The maximum atomic E-state index is 12.3. The number of sulfone groups is 1. The lowest BCUT2D eigenvalue weighted by molar-refractivity contribution is -0.120. The van der Waals surface area contributed by atoms with Crippen molar-refractivity contribution in [1.82, 2.24) is 4.57 Å². The number of hydrogen-bond donors (Lipinski definition) is 0. The van der Waals surface area contributed by atoms with E-state index < -0.39 is 15.7 Å². The van der Waals surface area contributed by atoms with Gasteiger partial charge in [0.2, 0.25) is 0 Å². The largest absolute Gasteiger partial charge is 0.484 e. The molecule has 0 aliphatic rings. The topological polar surface area (TPSA) is 87.0 Å². The zero-order valence-corrected chi connectivity index (χ0v) is 17.8. The summed E-state index contributed by atoms with van der Waals surface area (Å²) in [6, 6.07) is 13.9. The number of ether oxygens (including phenoxy) is 2. The number of carbonyl (C=O) groups excluding carboxylic acids is 1. The van der Waals surface area contributed by atoms with Crippen LogP contribution in [0.4, 0.5) is 0 Å². The van der Waals surface area contributed by atoms with Gasteiger partial charge in [0.1, 0.15) is 5.75 Å². The molecule has 0 unspecified atom stereocenters. The summed E-state index contributed by atoms with van der Waals surface area (Å²) in [5.74, 6) is 0.170. The quantitative estimate of drug-likeness (QED) is 0.509. The summed E-state index contributed by atoms with van der Waals surface area (Å²) in [6.07, 6.45) is 1.17. The van der Waals surface area contributed by atoms with Crippen molar-refractivity contribution < 1.29 is 22.7 Å². The van der Waals surface area contributed by atoms with Gasteiger partial charge < -0.3 is 14.0 Å². The van der Waals surface area contributed by atoms with Crippen LogP contribution in [0, 0.1) is 0 Å². The van der Waals surface area contributed by atoms with E-state index in [1.807, 2.05) is 29.7 Å². The minimum Gasteiger partial charge on any atom is -0.484 e. The summed E-state index contributed by atoms with van der Waals surface area (Å²) in [7, 11) is -3.33. The number of benzene rings is 2. The fraction of sp³-hybridized carbons (Fsp3) is 0.300. The zero-order valence-electron chi connectivity index (χ0n) is 16.2. The number of hydrogen-bond acceptors (Lipinski definition) is 6. The average Bonchev–Trinajstić information content (AvgIpc) is 3.03. The van der Waals surface area contributed by atoms with Crippen molar-refractivity contribution in [1.29, 1.82) is 0 Å². The number of amides is 1. The molecule has 154 valence electrons. The standard InChI is InChI=1S/C20H22N2O5S2/c1-3-26-12-11-22-17-10-9-16(29(2,24)25)13-18(17)28-20(22)21-19(23)14-27-15-7-5-4-6-8-15/h4-10,13H,3,11-12,14H2,1-2H3. The van der Waals surface area contributed by atoms with Gasteiger partial charge in [0.25, 0.3) is 5.91 Å². The molecule has 1 heterocycles. The molecule has 3 rings (SSSR count). The highest BCUT2D eigenvalue weighted by Gasteiger charge is 2.13. The van der Waals surface area contributed by atoms with Crippen LogP contribution in [0.2, 0.25) is 0 Å². The molecule has 0 radical (unpaired) electrons.